The van der Waals surface area contributed by atoms with Gasteiger partial charge in [0, 0.05) is 16.5 Å². The predicted molar refractivity (Wildman–Crippen MR) is 167 cm³/mol. The Balaban J connectivity index is 1.29. The quantitative estimate of drug-likeness (QED) is 0.126. The number of halogens is 1. The van der Waals surface area contributed by atoms with Crippen molar-refractivity contribution in [2.24, 2.45) is 11.8 Å². The van der Waals surface area contributed by atoms with Crippen molar-refractivity contribution in [3.63, 3.8) is 0 Å². The van der Waals surface area contributed by atoms with Crippen molar-refractivity contribution in [2.45, 2.75) is 104 Å². The second-order valence-electron chi connectivity index (χ2n) is 11.7. The summed E-state index contributed by atoms with van der Waals surface area (Å²) >= 11 is 0. The van der Waals surface area contributed by atoms with Gasteiger partial charge in [-0.2, -0.15) is 0 Å². The fourth-order valence-corrected chi connectivity index (χ4v) is 6.11. The van der Waals surface area contributed by atoms with Crippen LogP contribution in [0.1, 0.15) is 113 Å². The highest BCUT2D eigenvalue weighted by molar-refractivity contribution is 5.85. The van der Waals surface area contributed by atoms with Crippen LogP contribution < -0.4 is 0 Å². The second kappa shape index (κ2) is 15.7. The lowest BCUT2D eigenvalue weighted by molar-refractivity contribution is 0.254. The number of benzene rings is 3. The molecule has 0 amide bonds. The lowest BCUT2D eigenvalue weighted by atomic mass is 9.78. The van der Waals surface area contributed by atoms with E-state index in [9.17, 15) is 0 Å². The first kappa shape index (κ1) is 29.1. The molecule has 0 spiro atoms. The molecule has 3 aromatic rings. The molecule has 0 aromatic heterocycles. The Morgan fingerprint density at radius 3 is 2.21 bits per heavy atom. The maximum Gasteiger partial charge on any atom is 0.134 e. The Morgan fingerprint density at radius 2 is 1.46 bits per heavy atom. The minimum absolute atomic E-state index is 0.0441. The number of rotatable bonds is 12. The summed E-state index contributed by atoms with van der Waals surface area (Å²) in [5.74, 6) is 8.16. The van der Waals surface area contributed by atoms with Gasteiger partial charge in [-0.1, -0.05) is 113 Å². The van der Waals surface area contributed by atoms with E-state index in [1.54, 1.807) is 0 Å². The monoisotopic (exact) mass is 522 g/mol. The number of hydrogen-bond donors (Lipinski definition) is 0. The van der Waals surface area contributed by atoms with Crippen molar-refractivity contribution in [3.8, 4) is 11.8 Å². The van der Waals surface area contributed by atoms with Gasteiger partial charge >= 0.3 is 0 Å². The molecule has 0 radical (unpaired) electrons. The van der Waals surface area contributed by atoms with E-state index in [-0.39, 0.29) is 5.82 Å². The highest BCUT2D eigenvalue weighted by Gasteiger charge is 2.21. The molecule has 3 aromatic carbocycles. The van der Waals surface area contributed by atoms with Crippen LogP contribution in [0.5, 0.6) is 0 Å². The van der Waals surface area contributed by atoms with Gasteiger partial charge in [-0.05, 0) is 98.1 Å². The highest BCUT2D eigenvalue weighted by Crippen LogP contribution is 2.34. The van der Waals surface area contributed by atoms with Gasteiger partial charge in [0.25, 0.3) is 0 Å². The fraction of sp³-hybridized carbons (Fsp3) is 0.474. The van der Waals surface area contributed by atoms with Crippen molar-refractivity contribution in [1.29, 1.82) is 0 Å². The van der Waals surface area contributed by atoms with Crippen LogP contribution in [0.3, 0.4) is 0 Å². The van der Waals surface area contributed by atoms with Crippen LogP contribution >= 0.6 is 0 Å². The first-order valence-electron chi connectivity index (χ1n) is 15.6. The van der Waals surface area contributed by atoms with E-state index < -0.39 is 0 Å². The molecule has 0 heterocycles. The van der Waals surface area contributed by atoms with E-state index in [1.807, 2.05) is 24.3 Å². The molecular weight excluding hydrogens is 475 g/mol. The maximum absolute atomic E-state index is 15.4. The summed E-state index contributed by atoms with van der Waals surface area (Å²) in [5, 5.41) is 1.65. The molecule has 0 atom stereocenters. The van der Waals surface area contributed by atoms with E-state index in [0.717, 1.165) is 53.2 Å². The Labute approximate surface area is 237 Å². The molecule has 1 fully saturated rings. The average Bonchev–Trinajstić information content (AvgIpc) is 2.97. The first-order valence-corrected chi connectivity index (χ1v) is 15.6. The third-order valence-electron chi connectivity index (χ3n) is 8.67. The third-order valence-corrected chi connectivity index (χ3v) is 8.67. The minimum atomic E-state index is -0.0441. The van der Waals surface area contributed by atoms with Gasteiger partial charge in [0.15, 0.2) is 0 Å². The minimum Gasteiger partial charge on any atom is -0.206 e. The molecule has 1 aliphatic carbocycles. The van der Waals surface area contributed by atoms with E-state index in [4.69, 9.17) is 0 Å². The molecule has 0 nitrogen and oxygen atoms in total. The molecule has 1 saturated carbocycles. The van der Waals surface area contributed by atoms with Crippen molar-refractivity contribution in [3.05, 3.63) is 94.8 Å². The van der Waals surface area contributed by atoms with Crippen LogP contribution in [-0.4, -0.2) is 0 Å². The van der Waals surface area contributed by atoms with E-state index in [2.05, 4.69) is 68.2 Å². The Bertz CT molecular complexity index is 1250. The van der Waals surface area contributed by atoms with Gasteiger partial charge in [-0.15, -0.1) is 0 Å². The van der Waals surface area contributed by atoms with Crippen LogP contribution in [0.2, 0.25) is 0 Å². The molecule has 0 saturated heterocycles. The van der Waals surface area contributed by atoms with Crippen LogP contribution in [0.25, 0.3) is 10.8 Å². The molecule has 0 bridgehead atoms. The maximum atomic E-state index is 15.4. The summed E-state index contributed by atoms with van der Waals surface area (Å²) in [7, 11) is 0. The summed E-state index contributed by atoms with van der Waals surface area (Å²) < 4.78 is 15.4. The summed E-state index contributed by atoms with van der Waals surface area (Å²) in [4.78, 5) is 0. The van der Waals surface area contributed by atoms with Gasteiger partial charge in [0.2, 0.25) is 0 Å². The van der Waals surface area contributed by atoms with Crippen LogP contribution in [0.4, 0.5) is 4.39 Å². The van der Waals surface area contributed by atoms with Crippen molar-refractivity contribution < 1.29 is 4.39 Å². The molecule has 4 rings (SSSR count). The molecule has 1 aliphatic rings. The van der Waals surface area contributed by atoms with Crippen molar-refractivity contribution >= 4 is 10.8 Å². The van der Waals surface area contributed by atoms with Gasteiger partial charge in [-0.3, -0.25) is 0 Å². The van der Waals surface area contributed by atoms with Gasteiger partial charge in [0.05, 0.1) is 0 Å². The average molecular weight is 523 g/mol. The molecule has 0 unspecified atom stereocenters. The summed E-state index contributed by atoms with van der Waals surface area (Å²) in [6, 6.07) is 18.6. The van der Waals surface area contributed by atoms with Gasteiger partial charge < -0.3 is 0 Å². The third kappa shape index (κ3) is 9.10. The van der Waals surface area contributed by atoms with E-state index in [1.165, 1.54) is 76.2 Å². The lowest BCUT2D eigenvalue weighted by Crippen LogP contribution is -2.15. The largest absolute Gasteiger partial charge is 0.206 e. The SMILES string of the molecule is C/C=C/CCC1CCC(CCc2ccc3cc(C#Cc4ccc(CCCCCCC)cc4)ccc3c2F)CC1. The van der Waals surface area contributed by atoms with Gasteiger partial charge in [0.1, 0.15) is 5.82 Å². The standard InChI is InChI=1S/C38H47F/c1-3-5-7-8-10-12-31-13-17-32(18-14-31)21-22-34-24-28-37-36(29-34)27-26-35(38(37)39)25-23-33-19-15-30(16-20-33)11-9-6-4-2/h4,6,13-14,17-18,24,26-30,33H,3,5,7-12,15-16,19-20,23,25H2,1-2H3/b6-4+. The Hall–Kier alpha value is -2.85. The molecule has 0 N–H and O–H groups in total. The number of allylic oxidation sites excluding steroid dienone is 2. The summed E-state index contributed by atoms with van der Waals surface area (Å²) in [6.45, 7) is 4.36. The molecule has 0 aliphatic heterocycles. The number of unbranched alkanes of at least 4 members (excludes halogenated alkanes) is 4. The first-order chi connectivity index (χ1) is 19.2. The van der Waals surface area contributed by atoms with Crippen LogP contribution in [0.15, 0.2) is 66.7 Å². The number of aryl methyl sites for hydroxylation is 2. The van der Waals surface area contributed by atoms with E-state index >= 15 is 4.39 Å². The summed E-state index contributed by atoms with van der Waals surface area (Å²) in [5.41, 5.74) is 4.21. The molecule has 1 heteroatoms. The zero-order valence-electron chi connectivity index (χ0n) is 24.3. The predicted octanol–water partition coefficient (Wildman–Crippen LogP) is 11.0. The van der Waals surface area contributed by atoms with Crippen molar-refractivity contribution in [2.75, 3.05) is 0 Å². The van der Waals surface area contributed by atoms with Crippen LogP contribution in [-0.2, 0) is 12.8 Å². The zero-order chi connectivity index (χ0) is 27.3. The summed E-state index contributed by atoms with van der Waals surface area (Å²) in [6.07, 6.45) is 21.9. The topological polar surface area (TPSA) is 0 Å². The molecular formula is C38H47F. The van der Waals surface area contributed by atoms with Crippen LogP contribution in [0, 0.1) is 29.5 Å². The Morgan fingerprint density at radius 1 is 0.769 bits per heavy atom. The second-order valence-corrected chi connectivity index (χ2v) is 11.7. The molecule has 39 heavy (non-hydrogen) atoms. The number of fused-ring (bicyclic) bond motifs is 1. The fourth-order valence-electron chi connectivity index (χ4n) is 6.11. The number of hydrogen-bond acceptors (Lipinski definition) is 0. The Kier molecular flexibility index (Phi) is 11.7. The van der Waals surface area contributed by atoms with E-state index in [0.29, 0.717) is 5.39 Å². The van der Waals surface area contributed by atoms with Crippen molar-refractivity contribution in [1.82, 2.24) is 0 Å². The smallest absolute Gasteiger partial charge is 0.134 e. The van der Waals surface area contributed by atoms with Gasteiger partial charge in [-0.25, -0.2) is 4.39 Å². The zero-order valence-corrected chi connectivity index (χ0v) is 24.3. The molecule has 206 valence electrons. The normalized spacial score (nSPS) is 17.4. The lowest BCUT2D eigenvalue weighted by Gasteiger charge is -2.28. The highest BCUT2D eigenvalue weighted by atomic mass is 19.1.